The van der Waals surface area contributed by atoms with Crippen LogP contribution in [-0.4, -0.2) is 47.0 Å². The van der Waals surface area contributed by atoms with Crippen molar-refractivity contribution in [3.63, 3.8) is 0 Å². The summed E-state index contributed by atoms with van der Waals surface area (Å²) < 4.78 is 0. The highest BCUT2D eigenvalue weighted by atomic mass is 32.1. The first-order chi connectivity index (χ1) is 9.83. The van der Waals surface area contributed by atoms with E-state index < -0.39 is 0 Å². The van der Waals surface area contributed by atoms with Crippen molar-refractivity contribution in [2.24, 2.45) is 0 Å². The van der Waals surface area contributed by atoms with E-state index in [9.17, 15) is 4.79 Å². The number of hydrogen-bond donors (Lipinski definition) is 0. The third kappa shape index (κ3) is 2.96. The lowest BCUT2D eigenvalue weighted by molar-refractivity contribution is -0.130. The molecular weight excluding hydrogens is 272 g/mol. The lowest BCUT2D eigenvalue weighted by Crippen LogP contribution is -2.49. The molecule has 6 heteroatoms. The van der Waals surface area contributed by atoms with Gasteiger partial charge in [0.25, 0.3) is 0 Å². The second-order valence-corrected chi connectivity index (χ2v) is 5.43. The van der Waals surface area contributed by atoms with Gasteiger partial charge in [-0.05, 0) is 12.1 Å². The molecule has 0 N–H and O–H groups in total. The van der Waals surface area contributed by atoms with Gasteiger partial charge in [-0.1, -0.05) is 6.07 Å². The Kier molecular flexibility index (Phi) is 3.92. The van der Waals surface area contributed by atoms with E-state index in [0.717, 1.165) is 37.7 Å². The van der Waals surface area contributed by atoms with Gasteiger partial charge in [-0.3, -0.25) is 4.79 Å². The molecule has 1 amide bonds. The number of hydrogen-bond acceptors (Lipinski definition) is 5. The van der Waals surface area contributed by atoms with Crippen LogP contribution in [0, 0.1) is 0 Å². The molecule has 0 atom stereocenters. The van der Waals surface area contributed by atoms with E-state index in [1.165, 1.54) is 11.3 Å². The summed E-state index contributed by atoms with van der Waals surface area (Å²) in [5.74, 6) is 1.15. The minimum absolute atomic E-state index is 0.163. The molecule has 0 bridgehead atoms. The second-order valence-electron chi connectivity index (χ2n) is 4.71. The van der Waals surface area contributed by atoms with E-state index in [2.05, 4.69) is 14.9 Å². The van der Waals surface area contributed by atoms with Crippen molar-refractivity contribution in [3.8, 4) is 0 Å². The Morgan fingerprint density at radius 1 is 1.20 bits per heavy atom. The maximum absolute atomic E-state index is 12.2. The van der Waals surface area contributed by atoms with Gasteiger partial charge < -0.3 is 9.80 Å². The zero-order valence-electron chi connectivity index (χ0n) is 11.1. The second kappa shape index (κ2) is 6.00. The number of amides is 1. The average Bonchev–Trinajstić information content (AvgIpc) is 3.01. The van der Waals surface area contributed by atoms with Crippen LogP contribution in [0.25, 0.3) is 0 Å². The Labute approximate surface area is 121 Å². The van der Waals surface area contributed by atoms with E-state index >= 15 is 0 Å². The van der Waals surface area contributed by atoms with E-state index in [-0.39, 0.29) is 5.91 Å². The molecule has 0 aliphatic carbocycles. The highest BCUT2D eigenvalue weighted by Gasteiger charge is 2.22. The molecule has 5 nitrogen and oxygen atoms in total. The van der Waals surface area contributed by atoms with Crippen LogP contribution in [0.1, 0.15) is 5.69 Å². The summed E-state index contributed by atoms with van der Waals surface area (Å²) in [5.41, 5.74) is 2.63. The third-order valence-corrected chi connectivity index (χ3v) is 4.06. The molecule has 20 heavy (non-hydrogen) atoms. The van der Waals surface area contributed by atoms with Gasteiger partial charge in [-0.15, -0.1) is 11.3 Å². The number of carbonyl (C=O) groups is 1. The van der Waals surface area contributed by atoms with Crippen LogP contribution in [0.3, 0.4) is 0 Å². The van der Waals surface area contributed by atoms with Crippen molar-refractivity contribution >= 4 is 23.1 Å². The number of thiazole rings is 1. The number of anilines is 1. The van der Waals surface area contributed by atoms with Gasteiger partial charge in [0.2, 0.25) is 5.91 Å². The molecule has 0 aromatic carbocycles. The fourth-order valence-corrected chi connectivity index (χ4v) is 2.88. The van der Waals surface area contributed by atoms with Crippen molar-refractivity contribution in [2.75, 3.05) is 31.1 Å². The zero-order valence-corrected chi connectivity index (χ0v) is 11.9. The van der Waals surface area contributed by atoms with Gasteiger partial charge in [-0.25, -0.2) is 9.97 Å². The summed E-state index contributed by atoms with van der Waals surface area (Å²) in [6.45, 7) is 3.17. The van der Waals surface area contributed by atoms with Crippen LogP contribution >= 0.6 is 11.3 Å². The van der Waals surface area contributed by atoms with Gasteiger partial charge in [0, 0.05) is 37.8 Å². The van der Waals surface area contributed by atoms with Crippen molar-refractivity contribution in [1.82, 2.24) is 14.9 Å². The quantitative estimate of drug-likeness (QED) is 0.857. The van der Waals surface area contributed by atoms with Crippen LogP contribution in [0.2, 0.25) is 0 Å². The van der Waals surface area contributed by atoms with Gasteiger partial charge in [-0.2, -0.15) is 0 Å². The highest BCUT2D eigenvalue weighted by Crippen LogP contribution is 2.13. The molecule has 2 aromatic heterocycles. The first-order valence-corrected chi connectivity index (χ1v) is 7.58. The summed E-state index contributed by atoms with van der Waals surface area (Å²) in [6.07, 6.45) is 2.21. The van der Waals surface area contributed by atoms with Crippen LogP contribution in [0.5, 0.6) is 0 Å². The lowest BCUT2D eigenvalue weighted by Gasteiger charge is -2.35. The molecule has 3 rings (SSSR count). The summed E-state index contributed by atoms with van der Waals surface area (Å²) in [4.78, 5) is 24.8. The van der Waals surface area contributed by atoms with Crippen LogP contribution < -0.4 is 4.90 Å². The fraction of sp³-hybridized carbons (Fsp3) is 0.357. The third-order valence-electron chi connectivity index (χ3n) is 3.42. The Balaban J connectivity index is 1.54. The fourth-order valence-electron chi connectivity index (χ4n) is 2.32. The Morgan fingerprint density at radius 2 is 2.05 bits per heavy atom. The normalized spacial score (nSPS) is 15.4. The van der Waals surface area contributed by atoms with Gasteiger partial charge in [0.15, 0.2) is 0 Å². The first kappa shape index (κ1) is 13.1. The zero-order chi connectivity index (χ0) is 13.8. The molecule has 0 saturated carbocycles. The maximum atomic E-state index is 12.2. The summed E-state index contributed by atoms with van der Waals surface area (Å²) in [6, 6.07) is 5.91. The van der Waals surface area contributed by atoms with E-state index in [0.29, 0.717) is 6.42 Å². The van der Waals surface area contributed by atoms with E-state index in [1.807, 2.05) is 28.5 Å². The van der Waals surface area contributed by atoms with Gasteiger partial charge >= 0.3 is 0 Å². The number of rotatable bonds is 3. The molecule has 2 aromatic rings. The summed E-state index contributed by atoms with van der Waals surface area (Å²) >= 11 is 1.53. The standard InChI is InChI=1S/C14H16N4OS/c19-14(9-12-10-20-11-16-12)18-7-5-17(6-8-18)13-3-1-2-4-15-13/h1-4,10-11H,5-9H2. The minimum Gasteiger partial charge on any atom is -0.353 e. The molecule has 0 spiro atoms. The largest absolute Gasteiger partial charge is 0.353 e. The lowest BCUT2D eigenvalue weighted by atomic mass is 10.2. The summed E-state index contributed by atoms with van der Waals surface area (Å²) in [7, 11) is 0. The Morgan fingerprint density at radius 3 is 2.70 bits per heavy atom. The number of pyridine rings is 1. The predicted octanol–water partition coefficient (Wildman–Crippen LogP) is 1.43. The topological polar surface area (TPSA) is 49.3 Å². The first-order valence-electron chi connectivity index (χ1n) is 6.64. The Hall–Kier alpha value is -1.95. The molecule has 1 aliphatic heterocycles. The molecule has 3 heterocycles. The molecule has 1 saturated heterocycles. The maximum Gasteiger partial charge on any atom is 0.228 e. The van der Waals surface area contributed by atoms with Crippen LogP contribution in [0.15, 0.2) is 35.3 Å². The number of aromatic nitrogens is 2. The molecular formula is C14H16N4OS. The number of piperazine rings is 1. The molecule has 1 fully saturated rings. The van der Waals surface area contributed by atoms with Gasteiger partial charge in [0.05, 0.1) is 17.6 Å². The highest BCUT2D eigenvalue weighted by molar-refractivity contribution is 7.07. The predicted molar refractivity (Wildman–Crippen MR) is 78.8 cm³/mol. The molecule has 0 radical (unpaired) electrons. The van der Waals surface area contributed by atoms with Crippen molar-refractivity contribution in [3.05, 3.63) is 41.0 Å². The number of carbonyl (C=O) groups excluding carboxylic acids is 1. The van der Waals surface area contributed by atoms with Crippen molar-refractivity contribution in [1.29, 1.82) is 0 Å². The van der Waals surface area contributed by atoms with Crippen LogP contribution in [0.4, 0.5) is 5.82 Å². The number of nitrogens with zero attached hydrogens (tertiary/aromatic N) is 4. The van der Waals surface area contributed by atoms with Gasteiger partial charge in [0.1, 0.15) is 5.82 Å². The monoisotopic (exact) mass is 288 g/mol. The van der Waals surface area contributed by atoms with E-state index in [1.54, 1.807) is 11.7 Å². The molecule has 0 unspecified atom stereocenters. The smallest absolute Gasteiger partial charge is 0.228 e. The molecule has 104 valence electrons. The average molecular weight is 288 g/mol. The molecule has 1 aliphatic rings. The van der Waals surface area contributed by atoms with Crippen molar-refractivity contribution in [2.45, 2.75) is 6.42 Å². The summed E-state index contributed by atoms with van der Waals surface area (Å²) in [5, 5.41) is 1.93. The Bertz CT molecular complexity index is 550. The minimum atomic E-state index is 0.163. The van der Waals surface area contributed by atoms with Crippen molar-refractivity contribution < 1.29 is 4.79 Å². The SMILES string of the molecule is O=C(Cc1cscn1)N1CCN(c2ccccn2)CC1. The van der Waals surface area contributed by atoms with E-state index in [4.69, 9.17) is 0 Å². The van der Waals surface area contributed by atoms with Crippen LogP contribution in [-0.2, 0) is 11.2 Å².